The van der Waals surface area contributed by atoms with E-state index in [9.17, 15) is 13.2 Å². The van der Waals surface area contributed by atoms with Crippen LogP contribution in [-0.4, -0.2) is 19.4 Å². The molecule has 0 unspecified atom stereocenters. The first kappa shape index (κ1) is 11.2. The van der Waals surface area contributed by atoms with Crippen molar-refractivity contribution in [3.63, 3.8) is 0 Å². The highest BCUT2D eigenvalue weighted by molar-refractivity contribution is 7.91. The summed E-state index contributed by atoms with van der Waals surface area (Å²) in [5.41, 5.74) is 0.0380. The molecule has 0 heterocycles. The maximum absolute atomic E-state index is 11.5. The summed E-state index contributed by atoms with van der Waals surface area (Å²) >= 11 is 5.27. The van der Waals surface area contributed by atoms with Crippen LogP contribution in [0.25, 0.3) is 0 Å². The van der Waals surface area contributed by atoms with E-state index in [0.717, 1.165) is 0 Å². The third-order valence-corrected chi connectivity index (χ3v) is 3.80. The lowest BCUT2D eigenvalue weighted by Crippen LogP contribution is -2.08. The number of hydrogen-bond donors (Lipinski definition) is 0. The van der Waals surface area contributed by atoms with Gasteiger partial charge < -0.3 is 0 Å². The second-order valence-electron chi connectivity index (χ2n) is 2.67. The third kappa shape index (κ3) is 2.13. The molecule has 0 N–H and O–H groups in total. The summed E-state index contributed by atoms with van der Waals surface area (Å²) in [6, 6.07) is 5.92. The first-order valence-electron chi connectivity index (χ1n) is 4.00. The zero-order chi connectivity index (χ0) is 10.8. The molecule has 5 heteroatoms. The molecule has 0 aromatic heterocycles. The highest BCUT2D eigenvalue weighted by Gasteiger charge is 2.18. The van der Waals surface area contributed by atoms with E-state index in [0.29, 0.717) is 0 Å². The standard InChI is InChI=1S/C9H9ClO3S/c1-2-14(12,13)8-6-4-3-5-7(8)9(10)11/h3-6H,2H2,1H3. The Balaban J connectivity index is 3.42. The molecule has 0 aliphatic rings. The summed E-state index contributed by atoms with van der Waals surface area (Å²) in [4.78, 5) is 10.9. The number of carbonyl (C=O) groups is 1. The van der Waals surface area contributed by atoms with Gasteiger partial charge in [-0.05, 0) is 23.7 Å². The van der Waals surface area contributed by atoms with Crippen LogP contribution in [-0.2, 0) is 9.84 Å². The van der Waals surface area contributed by atoms with Crippen molar-refractivity contribution in [2.45, 2.75) is 11.8 Å². The van der Waals surface area contributed by atoms with Gasteiger partial charge in [-0.25, -0.2) is 8.42 Å². The minimum atomic E-state index is -3.38. The lowest BCUT2D eigenvalue weighted by molar-refractivity contribution is 0.107. The molecule has 3 nitrogen and oxygen atoms in total. The van der Waals surface area contributed by atoms with E-state index in [2.05, 4.69) is 0 Å². The predicted molar refractivity (Wildman–Crippen MR) is 54.4 cm³/mol. The quantitative estimate of drug-likeness (QED) is 0.748. The Bertz CT molecular complexity index is 451. The van der Waals surface area contributed by atoms with Crippen molar-refractivity contribution in [2.75, 3.05) is 5.75 Å². The molecule has 0 saturated heterocycles. The van der Waals surface area contributed by atoms with Crippen molar-refractivity contribution in [3.8, 4) is 0 Å². The predicted octanol–water partition coefficient (Wildman–Crippen LogP) is 1.86. The molecule has 0 amide bonds. The summed E-state index contributed by atoms with van der Waals surface area (Å²) < 4.78 is 23.0. The van der Waals surface area contributed by atoms with Crippen molar-refractivity contribution < 1.29 is 13.2 Å². The fourth-order valence-corrected chi connectivity index (χ4v) is 2.37. The van der Waals surface area contributed by atoms with Gasteiger partial charge in [0.05, 0.1) is 16.2 Å². The average molecular weight is 233 g/mol. The largest absolute Gasteiger partial charge is 0.276 e. The number of halogens is 1. The SMILES string of the molecule is CCS(=O)(=O)c1ccccc1C(=O)Cl. The second-order valence-corrected chi connectivity index (χ2v) is 5.26. The Morgan fingerprint density at radius 2 is 1.93 bits per heavy atom. The fourth-order valence-electron chi connectivity index (χ4n) is 1.06. The molecule has 1 rings (SSSR count). The zero-order valence-electron chi connectivity index (χ0n) is 7.53. The van der Waals surface area contributed by atoms with Crippen molar-refractivity contribution in [1.82, 2.24) is 0 Å². The van der Waals surface area contributed by atoms with E-state index in [1.54, 1.807) is 12.1 Å². The van der Waals surface area contributed by atoms with Crippen LogP contribution < -0.4 is 0 Å². The van der Waals surface area contributed by atoms with Gasteiger partial charge in [0.1, 0.15) is 0 Å². The van der Waals surface area contributed by atoms with Gasteiger partial charge in [-0.15, -0.1) is 0 Å². The minimum absolute atomic E-state index is 0.00231. The first-order valence-corrected chi connectivity index (χ1v) is 6.03. The molecule has 0 fully saturated rings. The fraction of sp³-hybridized carbons (Fsp3) is 0.222. The molecule has 0 aliphatic carbocycles. The molecule has 76 valence electrons. The Morgan fingerprint density at radius 1 is 1.36 bits per heavy atom. The normalized spacial score (nSPS) is 11.3. The number of sulfone groups is 1. The summed E-state index contributed by atoms with van der Waals surface area (Å²) in [7, 11) is -3.38. The summed E-state index contributed by atoms with van der Waals surface area (Å²) in [5.74, 6) is -0.0474. The molecule has 0 atom stereocenters. The van der Waals surface area contributed by atoms with E-state index in [4.69, 9.17) is 11.6 Å². The topological polar surface area (TPSA) is 51.2 Å². The average Bonchev–Trinajstić information content (AvgIpc) is 2.18. The molecule has 0 radical (unpaired) electrons. The van der Waals surface area contributed by atoms with Crippen LogP contribution in [0.15, 0.2) is 29.2 Å². The van der Waals surface area contributed by atoms with Gasteiger partial charge in [-0.2, -0.15) is 0 Å². The van der Waals surface area contributed by atoms with Crippen LogP contribution in [0.3, 0.4) is 0 Å². The van der Waals surface area contributed by atoms with Gasteiger partial charge >= 0.3 is 0 Å². The van der Waals surface area contributed by atoms with Crippen LogP contribution in [0.5, 0.6) is 0 Å². The third-order valence-electron chi connectivity index (χ3n) is 1.81. The summed E-state index contributed by atoms with van der Waals surface area (Å²) in [6.07, 6.45) is 0. The lowest BCUT2D eigenvalue weighted by atomic mass is 10.2. The van der Waals surface area contributed by atoms with E-state index in [1.165, 1.54) is 19.1 Å². The molecule has 0 spiro atoms. The Kier molecular flexibility index (Phi) is 3.29. The Morgan fingerprint density at radius 3 is 2.43 bits per heavy atom. The summed E-state index contributed by atoms with van der Waals surface area (Å²) in [5, 5.41) is -0.752. The molecule has 0 bridgehead atoms. The van der Waals surface area contributed by atoms with Gasteiger partial charge in [0.15, 0.2) is 9.84 Å². The van der Waals surface area contributed by atoms with Crippen LogP contribution in [0, 0.1) is 0 Å². The molecular formula is C9H9ClO3S. The van der Waals surface area contributed by atoms with Crippen LogP contribution in [0.1, 0.15) is 17.3 Å². The van der Waals surface area contributed by atoms with E-state index in [1.807, 2.05) is 0 Å². The monoisotopic (exact) mass is 232 g/mol. The van der Waals surface area contributed by atoms with Crippen molar-refractivity contribution in [2.24, 2.45) is 0 Å². The Labute approximate surface area is 87.6 Å². The van der Waals surface area contributed by atoms with Gasteiger partial charge in [0.2, 0.25) is 0 Å². The van der Waals surface area contributed by atoms with Gasteiger partial charge in [0, 0.05) is 0 Å². The zero-order valence-corrected chi connectivity index (χ0v) is 9.10. The van der Waals surface area contributed by atoms with E-state index < -0.39 is 15.1 Å². The van der Waals surface area contributed by atoms with Gasteiger partial charge in [-0.1, -0.05) is 19.1 Å². The minimum Gasteiger partial charge on any atom is -0.276 e. The smallest absolute Gasteiger partial charge is 0.253 e. The Hall–Kier alpha value is -0.870. The maximum atomic E-state index is 11.5. The van der Waals surface area contributed by atoms with Crippen molar-refractivity contribution in [3.05, 3.63) is 29.8 Å². The molecule has 1 aromatic carbocycles. The van der Waals surface area contributed by atoms with E-state index in [-0.39, 0.29) is 16.2 Å². The lowest BCUT2D eigenvalue weighted by Gasteiger charge is -2.04. The molecular weight excluding hydrogens is 224 g/mol. The van der Waals surface area contributed by atoms with E-state index >= 15 is 0 Å². The first-order chi connectivity index (χ1) is 6.49. The molecule has 0 aliphatic heterocycles. The molecule has 14 heavy (non-hydrogen) atoms. The van der Waals surface area contributed by atoms with Crippen molar-refractivity contribution >= 4 is 26.7 Å². The number of hydrogen-bond acceptors (Lipinski definition) is 3. The number of benzene rings is 1. The van der Waals surface area contributed by atoms with Crippen LogP contribution in [0.4, 0.5) is 0 Å². The van der Waals surface area contributed by atoms with Crippen LogP contribution >= 0.6 is 11.6 Å². The summed E-state index contributed by atoms with van der Waals surface area (Å²) in [6.45, 7) is 1.52. The number of rotatable bonds is 3. The molecule has 0 saturated carbocycles. The van der Waals surface area contributed by atoms with Crippen LogP contribution in [0.2, 0.25) is 0 Å². The number of carbonyl (C=O) groups excluding carboxylic acids is 1. The highest BCUT2D eigenvalue weighted by atomic mass is 35.5. The maximum Gasteiger partial charge on any atom is 0.253 e. The van der Waals surface area contributed by atoms with Crippen molar-refractivity contribution in [1.29, 1.82) is 0 Å². The highest BCUT2D eigenvalue weighted by Crippen LogP contribution is 2.18. The van der Waals surface area contributed by atoms with Gasteiger partial charge in [-0.3, -0.25) is 4.79 Å². The molecule has 1 aromatic rings. The second kappa shape index (κ2) is 4.11. The van der Waals surface area contributed by atoms with Gasteiger partial charge in [0.25, 0.3) is 5.24 Å².